The molecule has 0 aliphatic rings. The molecule has 0 unspecified atom stereocenters. The summed E-state index contributed by atoms with van der Waals surface area (Å²) in [5.74, 6) is 0.286. The molecule has 21 heavy (non-hydrogen) atoms. The molecule has 1 aromatic heterocycles. The Kier molecular flexibility index (Phi) is 4.94. The van der Waals surface area contributed by atoms with Crippen LogP contribution < -0.4 is 10.6 Å². The Bertz CT molecular complexity index is 584. The Morgan fingerprint density at radius 2 is 2.05 bits per heavy atom. The molecule has 1 aromatic carbocycles. The minimum Gasteiger partial charge on any atom is -0.468 e. The van der Waals surface area contributed by atoms with Crippen LogP contribution in [0.5, 0.6) is 0 Å². The van der Waals surface area contributed by atoms with Gasteiger partial charge >= 0.3 is 6.03 Å². The molecule has 1 heterocycles. The van der Waals surface area contributed by atoms with Crippen LogP contribution in [-0.2, 0) is 0 Å². The normalized spacial score (nSPS) is 12.2. The number of furan rings is 1. The minimum atomic E-state index is -0.470. The summed E-state index contributed by atoms with van der Waals surface area (Å²) in [6.45, 7) is 0.348. The molecule has 2 aromatic rings. The molecule has 0 saturated carbocycles. The van der Waals surface area contributed by atoms with E-state index >= 15 is 0 Å². The van der Waals surface area contributed by atoms with Crippen LogP contribution in [0.3, 0.4) is 0 Å². The van der Waals surface area contributed by atoms with Crippen LogP contribution in [0, 0.1) is 5.82 Å². The maximum Gasteiger partial charge on any atom is 0.319 e. The first-order chi connectivity index (χ1) is 10.1. The number of para-hydroxylation sites is 1. The molecule has 0 saturated heterocycles. The van der Waals surface area contributed by atoms with Gasteiger partial charge in [0.1, 0.15) is 11.6 Å². The van der Waals surface area contributed by atoms with Crippen molar-refractivity contribution >= 4 is 11.7 Å². The molecule has 5 nitrogen and oxygen atoms in total. The molecule has 2 amide bonds. The molecule has 0 aliphatic heterocycles. The van der Waals surface area contributed by atoms with E-state index in [1.165, 1.54) is 12.1 Å². The molecule has 2 rings (SSSR count). The number of benzene rings is 1. The van der Waals surface area contributed by atoms with E-state index in [4.69, 9.17) is 4.42 Å². The van der Waals surface area contributed by atoms with Crippen molar-refractivity contribution in [1.29, 1.82) is 0 Å². The zero-order valence-corrected chi connectivity index (χ0v) is 12.0. The number of carbonyl (C=O) groups is 1. The number of halogens is 1. The molecule has 0 radical (unpaired) electrons. The lowest BCUT2D eigenvalue weighted by Crippen LogP contribution is -2.36. The van der Waals surface area contributed by atoms with Gasteiger partial charge in [-0.15, -0.1) is 0 Å². The van der Waals surface area contributed by atoms with Gasteiger partial charge in [0, 0.05) is 6.54 Å². The zero-order chi connectivity index (χ0) is 15.2. The van der Waals surface area contributed by atoms with E-state index in [1.54, 1.807) is 24.5 Å². The molecular formula is C15H18FN3O2. The third kappa shape index (κ3) is 4.06. The molecular weight excluding hydrogens is 273 g/mol. The molecule has 0 aliphatic carbocycles. The Hall–Kier alpha value is -2.34. The summed E-state index contributed by atoms with van der Waals surface area (Å²) >= 11 is 0. The highest BCUT2D eigenvalue weighted by Gasteiger charge is 2.18. The van der Waals surface area contributed by atoms with Gasteiger partial charge in [0.05, 0.1) is 18.0 Å². The topological polar surface area (TPSA) is 57.5 Å². The second-order valence-electron chi connectivity index (χ2n) is 4.81. The van der Waals surface area contributed by atoms with E-state index in [0.717, 1.165) is 5.76 Å². The highest BCUT2D eigenvalue weighted by molar-refractivity contribution is 5.89. The lowest BCUT2D eigenvalue weighted by molar-refractivity contribution is 0.233. The van der Waals surface area contributed by atoms with Gasteiger partial charge in [0.15, 0.2) is 0 Å². The van der Waals surface area contributed by atoms with E-state index in [1.807, 2.05) is 25.1 Å². The van der Waals surface area contributed by atoms with Crippen LogP contribution in [0.1, 0.15) is 11.8 Å². The Morgan fingerprint density at radius 3 is 2.67 bits per heavy atom. The fourth-order valence-electron chi connectivity index (χ4n) is 1.94. The monoisotopic (exact) mass is 291 g/mol. The van der Waals surface area contributed by atoms with Crippen molar-refractivity contribution in [3.8, 4) is 0 Å². The highest BCUT2D eigenvalue weighted by atomic mass is 19.1. The van der Waals surface area contributed by atoms with Crippen LogP contribution in [0.15, 0.2) is 47.1 Å². The maximum absolute atomic E-state index is 13.4. The number of hydrogen-bond acceptors (Lipinski definition) is 3. The van der Waals surface area contributed by atoms with E-state index in [9.17, 15) is 9.18 Å². The Labute approximate surface area is 122 Å². The number of carbonyl (C=O) groups excluding carboxylic acids is 1. The summed E-state index contributed by atoms with van der Waals surface area (Å²) in [5.41, 5.74) is 0.148. The fourth-order valence-corrected chi connectivity index (χ4v) is 1.94. The lowest BCUT2D eigenvalue weighted by Gasteiger charge is -2.22. The second kappa shape index (κ2) is 6.90. The fraction of sp³-hybridized carbons (Fsp3) is 0.267. The van der Waals surface area contributed by atoms with E-state index < -0.39 is 11.8 Å². The molecule has 1 atom stereocenters. The highest BCUT2D eigenvalue weighted by Crippen LogP contribution is 2.17. The predicted octanol–water partition coefficient (Wildman–Crippen LogP) is 2.84. The third-order valence-electron chi connectivity index (χ3n) is 3.07. The molecule has 0 fully saturated rings. The summed E-state index contributed by atoms with van der Waals surface area (Å²) in [4.78, 5) is 13.8. The average Bonchev–Trinajstić information content (AvgIpc) is 2.95. The molecule has 112 valence electrons. The van der Waals surface area contributed by atoms with Crippen molar-refractivity contribution in [3.63, 3.8) is 0 Å². The molecule has 2 N–H and O–H groups in total. The van der Waals surface area contributed by atoms with Crippen molar-refractivity contribution in [2.45, 2.75) is 6.04 Å². The van der Waals surface area contributed by atoms with Gasteiger partial charge in [-0.1, -0.05) is 12.1 Å². The van der Waals surface area contributed by atoms with Crippen molar-refractivity contribution < 1.29 is 13.6 Å². The number of rotatable bonds is 5. The summed E-state index contributed by atoms with van der Waals surface area (Å²) in [5, 5.41) is 5.19. The summed E-state index contributed by atoms with van der Waals surface area (Å²) in [7, 11) is 3.78. The van der Waals surface area contributed by atoms with Gasteiger partial charge in [-0.25, -0.2) is 9.18 Å². The van der Waals surface area contributed by atoms with Gasteiger partial charge in [-0.05, 0) is 38.4 Å². The standard InChI is InChI=1S/C15H18FN3O2/c1-19(2)13(14-8-5-9-21-14)10-17-15(20)18-12-7-4-3-6-11(12)16/h3-9,13H,10H2,1-2H3,(H2,17,18,20)/t13-/m0/s1. The van der Waals surface area contributed by atoms with Crippen LogP contribution in [0.25, 0.3) is 0 Å². The Morgan fingerprint density at radius 1 is 1.29 bits per heavy atom. The predicted molar refractivity (Wildman–Crippen MR) is 78.6 cm³/mol. The van der Waals surface area contributed by atoms with Crippen molar-refractivity contribution in [3.05, 3.63) is 54.2 Å². The van der Waals surface area contributed by atoms with Gasteiger partial charge in [0.2, 0.25) is 0 Å². The smallest absolute Gasteiger partial charge is 0.319 e. The number of nitrogens with one attached hydrogen (secondary N) is 2. The van der Waals surface area contributed by atoms with E-state index in [0.29, 0.717) is 6.54 Å². The summed E-state index contributed by atoms with van der Waals surface area (Å²) in [6, 6.07) is 9.12. The van der Waals surface area contributed by atoms with Crippen LogP contribution >= 0.6 is 0 Å². The quantitative estimate of drug-likeness (QED) is 0.890. The average molecular weight is 291 g/mol. The van der Waals surface area contributed by atoms with Crippen LogP contribution in [0.4, 0.5) is 14.9 Å². The SMILES string of the molecule is CN(C)[C@@H](CNC(=O)Nc1ccccc1F)c1ccco1. The number of urea groups is 1. The number of nitrogens with zero attached hydrogens (tertiary/aromatic N) is 1. The van der Waals surface area contributed by atoms with Gasteiger partial charge in [0.25, 0.3) is 0 Å². The van der Waals surface area contributed by atoms with E-state index in [-0.39, 0.29) is 11.7 Å². The molecule has 0 spiro atoms. The number of hydrogen-bond donors (Lipinski definition) is 2. The third-order valence-corrected chi connectivity index (χ3v) is 3.07. The maximum atomic E-state index is 13.4. The minimum absolute atomic E-state index is 0.0913. The largest absolute Gasteiger partial charge is 0.468 e. The first kappa shape index (κ1) is 15.1. The van der Waals surface area contributed by atoms with Gasteiger partial charge in [-0.2, -0.15) is 0 Å². The van der Waals surface area contributed by atoms with Crippen LogP contribution in [0.2, 0.25) is 0 Å². The zero-order valence-electron chi connectivity index (χ0n) is 12.0. The first-order valence-corrected chi connectivity index (χ1v) is 6.57. The lowest BCUT2D eigenvalue weighted by atomic mass is 10.2. The summed E-state index contributed by atoms with van der Waals surface area (Å²) in [6.07, 6.45) is 1.59. The van der Waals surface area contributed by atoms with Crippen molar-refractivity contribution in [2.75, 3.05) is 26.0 Å². The van der Waals surface area contributed by atoms with Crippen molar-refractivity contribution in [2.24, 2.45) is 0 Å². The van der Waals surface area contributed by atoms with Crippen molar-refractivity contribution in [1.82, 2.24) is 10.2 Å². The van der Waals surface area contributed by atoms with Gasteiger partial charge in [-0.3, -0.25) is 4.90 Å². The number of amides is 2. The number of anilines is 1. The van der Waals surface area contributed by atoms with Crippen LogP contribution in [-0.4, -0.2) is 31.6 Å². The number of likely N-dealkylation sites (N-methyl/N-ethyl adjacent to an activating group) is 1. The molecule has 0 bridgehead atoms. The summed E-state index contributed by atoms with van der Waals surface area (Å²) < 4.78 is 18.8. The second-order valence-corrected chi connectivity index (χ2v) is 4.81. The first-order valence-electron chi connectivity index (χ1n) is 6.57. The van der Waals surface area contributed by atoms with E-state index in [2.05, 4.69) is 10.6 Å². The van der Waals surface area contributed by atoms with Gasteiger partial charge < -0.3 is 15.1 Å². The molecule has 6 heteroatoms. The Balaban J connectivity index is 1.92.